The molecule has 110 valence electrons. The van der Waals surface area contributed by atoms with Crippen LogP contribution in [0.3, 0.4) is 0 Å². The molecule has 0 radical (unpaired) electrons. The number of nitro groups is 1. The van der Waals surface area contributed by atoms with Gasteiger partial charge in [0, 0.05) is 24.7 Å². The van der Waals surface area contributed by atoms with Crippen LogP contribution in [-0.2, 0) is 16.1 Å². The zero-order chi connectivity index (χ0) is 15.1. The van der Waals surface area contributed by atoms with Gasteiger partial charge in [-0.1, -0.05) is 0 Å². The molecule has 20 heavy (non-hydrogen) atoms. The van der Waals surface area contributed by atoms with E-state index in [1.54, 1.807) is 18.9 Å². The van der Waals surface area contributed by atoms with E-state index >= 15 is 0 Å². The number of nitro benzene ring substituents is 1. The molecule has 0 aliphatic rings. The predicted molar refractivity (Wildman–Crippen MR) is 70.6 cm³/mol. The molecular formula is C13H17FN2O4. The largest absolute Gasteiger partial charge is 0.466 e. The number of benzene rings is 1. The monoisotopic (exact) mass is 284 g/mol. The van der Waals surface area contributed by atoms with Crippen LogP contribution < -0.4 is 0 Å². The van der Waals surface area contributed by atoms with Gasteiger partial charge in [-0.2, -0.15) is 0 Å². The van der Waals surface area contributed by atoms with Crippen molar-refractivity contribution in [2.24, 2.45) is 0 Å². The van der Waals surface area contributed by atoms with Gasteiger partial charge in [0.2, 0.25) is 0 Å². The highest BCUT2D eigenvalue weighted by atomic mass is 19.1. The van der Waals surface area contributed by atoms with Crippen LogP contribution in [0.1, 0.15) is 18.9 Å². The average Bonchev–Trinajstić information content (AvgIpc) is 2.36. The SMILES string of the molecule is CCOC(=O)CCN(C)Cc1cc(F)ccc1[N+](=O)[O-]. The number of hydrogen-bond acceptors (Lipinski definition) is 5. The Morgan fingerprint density at radius 3 is 2.80 bits per heavy atom. The summed E-state index contributed by atoms with van der Waals surface area (Å²) in [6.45, 7) is 2.61. The standard InChI is InChI=1S/C13H17FN2O4/c1-3-20-13(17)6-7-15(2)9-10-8-11(14)4-5-12(10)16(18)19/h4-5,8H,3,6-7,9H2,1-2H3. The lowest BCUT2D eigenvalue weighted by atomic mass is 10.1. The Morgan fingerprint density at radius 2 is 2.20 bits per heavy atom. The summed E-state index contributed by atoms with van der Waals surface area (Å²) in [4.78, 5) is 23.2. The molecular weight excluding hydrogens is 267 g/mol. The number of esters is 1. The van der Waals surface area contributed by atoms with Gasteiger partial charge >= 0.3 is 5.97 Å². The number of hydrogen-bond donors (Lipinski definition) is 0. The average molecular weight is 284 g/mol. The maximum atomic E-state index is 13.2. The van der Waals surface area contributed by atoms with Gasteiger partial charge in [-0.25, -0.2) is 4.39 Å². The Labute approximate surface area is 116 Å². The summed E-state index contributed by atoms with van der Waals surface area (Å²) in [5, 5.41) is 10.9. The van der Waals surface area contributed by atoms with Crippen molar-refractivity contribution in [2.45, 2.75) is 19.9 Å². The minimum absolute atomic E-state index is 0.130. The summed E-state index contributed by atoms with van der Waals surface area (Å²) in [7, 11) is 1.70. The molecule has 1 aromatic rings. The highest BCUT2D eigenvalue weighted by Crippen LogP contribution is 2.20. The Bertz CT molecular complexity index is 493. The van der Waals surface area contributed by atoms with Crippen molar-refractivity contribution in [3.63, 3.8) is 0 Å². The van der Waals surface area contributed by atoms with Crippen LogP contribution in [0.25, 0.3) is 0 Å². The van der Waals surface area contributed by atoms with Crippen molar-refractivity contribution >= 4 is 11.7 Å². The first-order valence-corrected chi connectivity index (χ1v) is 6.21. The molecule has 6 nitrogen and oxygen atoms in total. The van der Waals surface area contributed by atoms with Gasteiger partial charge in [0.25, 0.3) is 5.69 Å². The van der Waals surface area contributed by atoms with Crippen molar-refractivity contribution in [2.75, 3.05) is 20.2 Å². The van der Waals surface area contributed by atoms with E-state index in [0.717, 1.165) is 18.2 Å². The molecule has 0 unspecified atom stereocenters. The summed E-state index contributed by atoms with van der Waals surface area (Å²) >= 11 is 0. The molecule has 0 fully saturated rings. The molecule has 0 saturated heterocycles. The first-order chi connectivity index (χ1) is 9.43. The van der Waals surface area contributed by atoms with Gasteiger partial charge in [-0.3, -0.25) is 14.9 Å². The highest BCUT2D eigenvalue weighted by Gasteiger charge is 2.16. The van der Waals surface area contributed by atoms with E-state index in [4.69, 9.17) is 4.74 Å². The predicted octanol–water partition coefficient (Wildman–Crippen LogP) is 2.12. The molecule has 0 aliphatic carbocycles. The number of ether oxygens (including phenoxy) is 1. The Kier molecular flexibility index (Phi) is 6.05. The molecule has 0 spiro atoms. The van der Waals surface area contributed by atoms with E-state index in [9.17, 15) is 19.3 Å². The van der Waals surface area contributed by atoms with E-state index in [2.05, 4.69) is 0 Å². The van der Waals surface area contributed by atoms with Crippen LogP contribution in [0.15, 0.2) is 18.2 Å². The number of carbonyl (C=O) groups excluding carboxylic acids is 1. The lowest BCUT2D eigenvalue weighted by molar-refractivity contribution is -0.385. The Balaban J connectivity index is 2.65. The minimum atomic E-state index is -0.548. The fraction of sp³-hybridized carbons (Fsp3) is 0.462. The normalized spacial score (nSPS) is 10.6. The molecule has 1 aromatic carbocycles. The van der Waals surface area contributed by atoms with Gasteiger partial charge in [0.15, 0.2) is 0 Å². The molecule has 1 rings (SSSR count). The van der Waals surface area contributed by atoms with Crippen LogP contribution in [-0.4, -0.2) is 36.0 Å². The summed E-state index contributed by atoms with van der Waals surface area (Å²) in [6.07, 6.45) is 0.188. The summed E-state index contributed by atoms with van der Waals surface area (Å²) in [6, 6.07) is 3.34. The van der Waals surface area contributed by atoms with Crippen molar-refractivity contribution in [3.8, 4) is 0 Å². The van der Waals surface area contributed by atoms with Gasteiger partial charge < -0.3 is 9.64 Å². The Morgan fingerprint density at radius 1 is 1.50 bits per heavy atom. The lowest BCUT2D eigenvalue weighted by Gasteiger charge is -2.16. The van der Waals surface area contributed by atoms with Crippen molar-refractivity contribution in [1.82, 2.24) is 4.90 Å². The molecule has 0 bridgehead atoms. The third kappa shape index (κ3) is 4.93. The van der Waals surface area contributed by atoms with Gasteiger partial charge in [0.05, 0.1) is 18.0 Å². The number of carbonyl (C=O) groups is 1. The van der Waals surface area contributed by atoms with Crippen LogP contribution in [0.4, 0.5) is 10.1 Å². The van der Waals surface area contributed by atoms with E-state index in [1.165, 1.54) is 0 Å². The molecule has 0 atom stereocenters. The second-order valence-corrected chi connectivity index (χ2v) is 4.32. The molecule has 0 amide bonds. The van der Waals surface area contributed by atoms with Crippen molar-refractivity contribution < 1.29 is 18.8 Å². The van der Waals surface area contributed by atoms with Crippen molar-refractivity contribution in [1.29, 1.82) is 0 Å². The van der Waals surface area contributed by atoms with Crippen LogP contribution in [0, 0.1) is 15.9 Å². The van der Waals surface area contributed by atoms with Crippen LogP contribution in [0.2, 0.25) is 0 Å². The van der Waals surface area contributed by atoms with Crippen molar-refractivity contribution in [3.05, 3.63) is 39.7 Å². The fourth-order valence-corrected chi connectivity index (χ4v) is 1.74. The smallest absolute Gasteiger partial charge is 0.307 e. The third-order valence-corrected chi connectivity index (χ3v) is 2.68. The second kappa shape index (κ2) is 7.54. The third-order valence-electron chi connectivity index (χ3n) is 2.68. The first kappa shape index (κ1) is 16.0. The molecule has 0 aromatic heterocycles. The number of rotatable bonds is 7. The number of nitrogens with zero attached hydrogens (tertiary/aromatic N) is 2. The second-order valence-electron chi connectivity index (χ2n) is 4.32. The first-order valence-electron chi connectivity index (χ1n) is 6.21. The quantitative estimate of drug-likeness (QED) is 0.435. The minimum Gasteiger partial charge on any atom is -0.466 e. The molecule has 0 saturated carbocycles. The molecule has 0 N–H and O–H groups in total. The van der Waals surface area contributed by atoms with E-state index in [-0.39, 0.29) is 30.2 Å². The Hall–Kier alpha value is -2.02. The maximum Gasteiger partial charge on any atom is 0.307 e. The molecule has 7 heteroatoms. The molecule has 0 aliphatic heterocycles. The maximum absolute atomic E-state index is 13.2. The fourth-order valence-electron chi connectivity index (χ4n) is 1.74. The number of halogens is 1. The van der Waals surface area contributed by atoms with E-state index < -0.39 is 10.7 Å². The van der Waals surface area contributed by atoms with Gasteiger partial charge in [-0.15, -0.1) is 0 Å². The highest BCUT2D eigenvalue weighted by molar-refractivity contribution is 5.69. The lowest BCUT2D eigenvalue weighted by Crippen LogP contribution is -2.22. The van der Waals surface area contributed by atoms with Crippen LogP contribution >= 0.6 is 0 Å². The zero-order valence-corrected chi connectivity index (χ0v) is 11.5. The molecule has 0 heterocycles. The topological polar surface area (TPSA) is 72.7 Å². The summed E-state index contributed by atoms with van der Waals surface area (Å²) in [5.41, 5.74) is 0.149. The van der Waals surface area contributed by atoms with Gasteiger partial charge in [-0.05, 0) is 26.1 Å². The van der Waals surface area contributed by atoms with E-state index in [1.807, 2.05) is 0 Å². The van der Waals surface area contributed by atoms with E-state index in [0.29, 0.717) is 13.2 Å². The van der Waals surface area contributed by atoms with Gasteiger partial charge in [0.1, 0.15) is 5.82 Å². The zero-order valence-electron chi connectivity index (χ0n) is 11.5. The summed E-state index contributed by atoms with van der Waals surface area (Å²) < 4.78 is 17.9. The van der Waals surface area contributed by atoms with Crippen LogP contribution in [0.5, 0.6) is 0 Å². The summed E-state index contributed by atoms with van der Waals surface area (Å²) in [5.74, 6) is -0.850.